The van der Waals surface area contributed by atoms with Crippen LogP contribution in [0.2, 0.25) is 0 Å². The zero-order chi connectivity index (χ0) is 14.8. The van der Waals surface area contributed by atoms with Gasteiger partial charge in [-0.25, -0.2) is 0 Å². The Morgan fingerprint density at radius 3 is 2.16 bits per heavy atom. The molecule has 0 saturated heterocycles. The molecule has 1 aromatic rings. The monoisotopic (exact) mass is 264 g/mol. The fourth-order valence-corrected chi connectivity index (χ4v) is 1.67. The number of hydrogen-bond acceptors (Lipinski definition) is 3. The van der Waals surface area contributed by atoms with Crippen LogP contribution in [0.4, 0.5) is 11.4 Å². The SMILES string of the molecule is CC.CC(=O)CN(CCC(C)C)c1ccc(N)cc1. The van der Waals surface area contributed by atoms with E-state index in [1.165, 1.54) is 0 Å². The highest BCUT2D eigenvalue weighted by molar-refractivity contribution is 5.81. The maximum atomic E-state index is 11.3. The smallest absolute Gasteiger partial charge is 0.149 e. The highest BCUT2D eigenvalue weighted by atomic mass is 16.1. The molecule has 0 aliphatic rings. The van der Waals surface area contributed by atoms with E-state index >= 15 is 0 Å². The summed E-state index contributed by atoms with van der Waals surface area (Å²) in [6, 6.07) is 7.69. The van der Waals surface area contributed by atoms with Gasteiger partial charge in [0.05, 0.1) is 6.54 Å². The topological polar surface area (TPSA) is 46.3 Å². The third-order valence-corrected chi connectivity index (χ3v) is 2.65. The second-order valence-electron chi connectivity index (χ2n) is 4.90. The quantitative estimate of drug-likeness (QED) is 0.796. The molecule has 0 aliphatic carbocycles. The summed E-state index contributed by atoms with van der Waals surface area (Å²) in [6.07, 6.45) is 1.08. The standard InChI is InChI=1S/C14H22N2O.C2H6/c1-11(2)8-9-16(10-12(3)17)14-6-4-13(15)5-7-14;1-2/h4-7,11H,8-10,15H2,1-3H3;1-2H3. The van der Waals surface area contributed by atoms with Crippen molar-refractivity contribution in [1.82, 2.24) is 0 Å². The molecule has 1 rings (SSSR count). The molecule has 108 valence electrons. The van der Waals surface area contributed by atoms with Gasteiger partial charge < -0.3 is 10.6 Å². The number of anilines is 2. The number of hydrogen-bond donors (Lipinski definition) is 1. The average molecular weight is 264 g/mol. The lowest BCUT2D eigenvalue weighted by molar-refractivity contribution is -0.115. The normalized spacial score (nSPS) is 9.79. The van der Waals surface area contributed by atoms with Gasteiger partial charge in [-0.2, -0.15) is 0 Å². The molecule has 0 unspecified atom stereocenters. The summed E-state index contributed by atoms with van der Waals surface area (Å²) in [5.41, 5.74) is 7.48. The minimum Gasteiger partial charge on any atom is -0.399 e. The van der Waals surface area contributed by atoms with Crippen molar-refractivity contribution >= 4 is 17.2 Å². The zero-order valence-electron chi connectivity index (χ0n) is 12.9. The molecule has 2 N–H and O–H groups in total. The first kappa shape index (κ1) is 17.5. The lowest BCUT2D eigenvalue weighted by Gasteiger charge is -2.24. The molecule has 0 fully saturated rings. The molecule has 0 amide bonds. The van der Waals surface area contributed by atoms with Crippen molar-refractivity contribution in [2.45, 2.75) is 41.0 Å². The van der Waals surface area contributed by atoms with Gasteiger partial charge >= 0.3 is 0 Å². The molecule has 0 atom stereocenters. The molecule has 19 heavy (non-hydrogen) atoms. The lowest BCUT2D eigenvalue weighted by Crippen LogP contribution is -2.30. The van der Waals surface area contributed by atoms with E-state index in [0.717, 1.165) is 24.3 Å². The second-order valence-corrected chi connectivity index (χ2v) is 4.90. The highest BCUT2D eigenvalue weighted by Gasteiger charge is 2.09. The minimum absolute atomic E-state index is 0.186. The van der Waals surface area contributed by atoms with Crippen LogP contribution in [0.25, 0.3) is 0 Å². The van der Waals surface area contributed by atoms with Crippen molar-refractivity contribution in [3.8, 4) is 0 Å². The van der Waals surface area contributed by atoms with Gasteiger partial charge in [-0.15, -0.1) is 0 Å². The van der Waals surface area contributed by atoms with Crippen LogP contribution in [0.3, 0.4) is 0 Å². The molecule has 0 saturated carbocycles. The van der Waals surface area contributed by atoms with Crippen LogP contribution in [0.1, 0.15) is 41.0 Å². The summed E-state index contributed by atoms with van der Waals surface area (Å²) in [7, 11) is 0. The van der Waals surface area contributed by atoms with Crippen LogP contribution in [0.15, 0.2) is 24.3 Å². The Morgan fingerprint density at radius 2 is 1.74 bits per heavy atom. The molecule has 3 heteroatoms. The minimum atomic E-state index is 0.186. The predicted molar refractivity (Wildman–Crippen MR) is 84.6 cm³/mol. The van der Waals surface area contributed by atoms with Crippen LogP contribution < -0.4 is 10.6 Å². The van der Waals surface area contributed by atoms with E-state index in [1.807, 2.05) is 38.1 Å². The van der Waals surface area contributed by atoms with Crippen LogP contribution >= 0.6 is 0 Å². The van der Waals surface area contributed by atoms with E-state index in [4.69, 9.17) is 5.73 Å². The number of carbonyl (C=O) groups is 1. The number of nitrogens with zero attached hydrogens (tertiary/aromatic N) is 1. The van der Waals surface area contributed by atoms with E-state index in [9.17, 15) is 4.79 Å². The fraction of sp³-hybridized carbons (Fsp3) is 0.562. The number of nitrogen functional groups attached to an aromatic ring is 1. The van der Waals surface area contributed by atoms with Crippen LogP contribution in [0, 0.1) is 5.92 Å². The van der Waals surface area contributed by atoms with Crippen molar-refractivity contribution in [3.63, 3.8) is 0 Å². The Bertz CT molecular complexity index is 358. The van der Waals surface area contributed by atoms with Gasteiger partial charge in [-0.05, 0) is 43.5 Å². The van der Waals surface area contributed by atoms with Crippen LogP contribution in [0.5, 0.6) is 0 Å². The predicted octanol–water partition coefficient (Wildman–Crippen LogP) is 3.74. The van der Waals surface area contributed by atoms with Gasteiger partial charge in [0.1, 0.15) is 5.78 Å². The Labute approximate surface area is 117 Å². The third-order valence-electron chi connectivity index (χ3n) is 2.65. The summed E-state index contributed by atoms with van der Waals surface area (Å²) < 4.78 is 0. The molecule has 0 aliphatic heterocycles. The fourth-order valence-electron chi connectivity index (χ4n) is 1.67. The highest BCUT2D eigenvalue weighted by Crippen LogP contribution is 2.17. The molecule has 0 radical (unpaired) electrons. The second kappa shape index (κ2) is 9.42. The first-order valence-corrected chi connectivity index (χ1v) is 7.09. The zero-order valence-corrected chi connectivity index (χ0v) is 12.9. The van der Waals surface area contributed by atoms with E-state index in [-0.39, 0.29) is 5.78 Å². The molecule has 0 heterocycles. The summed E-state index contributed by atoms with van der Waals surface area (Å²) in [5, 5.41) is 0. The first-order chi connectivity index (χ1) is 8.99. The van der Waals surface area contributed by atoms with Crippen molar-refractivity contribution < 1.29 is 4.79 Å². The molecule has 3 nitrogen and oxygen atoms in total. The molecule has 0 aromatic heterocycles. The maximum absolute atomic E-state index is 11.3. The summed E-state index contributed by atoms with van der Waals surface area (Å²) in [5.74, 6) is 0.823. The van der Waals surface area contributed by atoms with Crippen molar-refractivity contribution in [1.29, 1.82) is 0 Å². The van der Waals surface area contributed by atoms with Crippen LogP contribution in [-0.4, -0.2) is 18.9 Å². The Kier molecular flexibility index (Phi) is 8.68. The number of rotatable bonds is 6. The van der Waals surface area contributed by atoms with Crippen molar-refractivity contribution in [2.75, 3.05) is 23.7 Å². The number of benzene rings is 1. The van der Waals surface area contributed by atoms with Gasteiger partial charge in [0, 0.05) is 17.9 Å². The Hall–Kier alpha value is -1.51. The molecule has 1 aromatic carbocycles. The molecular weight excluding hydrogens is 236 g/mol. The largest absolute Gasteiger partial charge is 0.399 e. The van der Waals surface area contributed by atoms with Gasteiger partial charge in [-0.1, -0.05) is 27.7 Å². The van der Waals surface area contributed by atoms with Gasteiger partial charge in [0.25, 0.3) is 0 Å². The summed E-state index contributed by atoms with van der Waals surface area (Å²) in [6.45, 7) is 11.4. The Balaban J connectivity index is 0.00000154. The lowest BCUT2D eigenvalue weighted by atomic mass is 10.1. The van der Waals surface area contributed by atoms with Crippen molar-refractivity contribution in [3.05, 3.63) is 24.3 Å². The van der Waals surface area contributed by atoms with Crippen LogP contribution in [-0.2, 0) is 4.79 Å². The number of carbonyl (C=O) groups excluding carboxylic acids is 1. The van der Waals surface area contributed by atoms with Crippen molar-refractivity contribution in [2.24, 2.45) is 5.92 Å². The third kappa shape index (κ3) is 7.50. The van der Waals surface area contributed by atoms with Gasteiger partial charge in [0.2, 0.25) is 0 Å². The Morgan fingerprint density at radius 1 is 1.21 bits per heavy atom. The molecule has 0 bridgehead atoms. The van der Waals surface area contributed by atoms with E-state index < -0.39 is 0 Å². The summed E-state index contributed by atoms with van der Waals surface area (Å²) in [4.78, 5) is 13.4. The molecule has 0 spiro atoms. The number of ketones is 1. The van der Waals surface area contributed by atoms with Gasteiger partial charge in [-0.3, -0.25) is 4.79 Å². The summed E-state index contributed by atoms with van der Waals surface area (Å²) >= 11 is 0. The van der Waals surface area contributed by atoms with E-state index in [1.54, 1.807) is 6.92 Å². The average Bonchev–Trinajstić information content (AvgIpc) is 2.37. The maximum Gasteiger partial charge on any atom is 0.149 e. The number of nitrogens with two attached hydrogens (primary N) is 1. The van der Waals surface area contributed by atoms with Gasteiger partial charge in [0.15, 0.2) is 0 Å². The first-order valence-electron chi connectivity index (χ1n) is 7.09. The van der Waals surface area contributed by atoms with E-state index in [2.05, 4.69) is 18.7 Å². The molecular formula is C16H28N2O. The van der Waals surface area contributed by atoms with E-state index in [0.29, 0.717) is 12.5 Å². The number of Topliss-reactive ketones (excluding diaryl/α,β-unsaturated/α-hetero) is 1.